The number of aliphatic carboxylic acids is 2. The smallest absolute Gasteiger partial charge is 0.341 e. The van der Waals surface area contributed by atoms with Crippen LogP contribution in [0, 0.1) is 0 Å². The van der Waals surface area contributed by atoms with Crippen molar-refractivity contribution < 1.29 is 38.2 Å². The summed E-state index contributed by atoms with van der Waals surface area (Å²) < 4.78 is 23.1. The molecular formula is C17H24NO8P. The number of carboxylic acids is 2. The van der Waals surface area contributed by atoms with E-state index in [1.807, 2.05) is 5.32 Å². The van der Waals surface area contributed by atoms with Crippen molar-refractivity contribution >= 4 is 25.4 Å². The lowest BCUT2D eigenvalue weighted by atomic mass is 9.90. The Bertz CT molecular complexity index is 724. The minimum Gasteiger partial charge on any atom is -0.479 e. The number of rotatable bonds is 11. The Morgan fingerprint density at radius 1 is 1.07 bits per heavy atom. The third-order valence-electron chi connectivity index (χ3n) is 3.61. The molecule has 3 N–H and O–H groups in total. The van der Waals surface area contributed by atoms with Crippen molar-refractivity contribution in [2.24, 2.45) is 0 Å². The Kier molecular flexibility index (Phi) is 8.15. The number of hydrogen-bond acceptors (Lipinski definition) is 6. The molecule has 0 saturated heterocycles. The summed E-state index contributed by atoms with van der Waals surface area (Å²) in [5, 5.41) is 20.8. The molecule has 150 valence electrons. The number of benzene rings is 1. The van der Waals surface area contributed by atoms with E-state index in [1.54, 1.807) is 26.0 Å². The Labute approximate surface area is 157 Å². The molecule has 0 saturated carbocycles. The first-order valence-electron chi connectivity index (χ1n) is 8.30. The van der Waals surface area contributed by atoms with Gasteiger partial charge in [0.2, 0.25) is 11.4 Å². The molecule has 1 amide bonds. The number of carbonyl (C=O) groups excluding carboxylic acids is 1. The van der Waals surface area contributed by atoms with Crippen LogP contribution in [0.2, 0.25) is 0 Å². The molecule has 0 bridgehead atoms. The Balaban J connectivity index is 3.19. The quantitative estimate of drug-likeness (QED) is 0.378. The maximum absolute atomic E-state index is 12.7. The third-order valence-corrected chi connectivity index (χ3v) is 5.66. The van der Waals surface area contributed by atoms with E-state index < -0.39 is 37.4 Å². The molecule has 1 aromatic carbocycles. The summed E-state index contributed by atoms with van der Waals surface area (Å²) in [4.78, 5) is 34.6. The topological polar surface area (TPSA) is 139 Å². The fourth-order valence-corrected chi connectivity index (χ4v) is 4.27. The Hall–Kier alpha value is -2.22. The van der Waals surface area contributed by atoms with Crippen LogP contribution < -0.4 is 5.32 Å². The molecule has 0 aliphatic heterocycles. The van der Waals surface area contributed by atoms with Crippen LogP contribution in [0.25, 0.3) is 0 Å². The molecule has 0 atom stereocenters. The van der Waals surface area contributed by atoms with Crippen LogP contribution in [0.1, 0.15) is 31.9 Å². The van der Waals surface area contributed by atoms with Crippen LogP contribution in [-0.4, -0.2) is 46.8 Å². The molecule has 0 heterocycles. The highest BCUT2D eigenvalue weighted by atomic mass is 31.2. The van der Waals surface area contributed by atoms with E-state index in [1.165, 1.54) is 12.1 Å². The molecule has 0 aliphatic carbocycles. The summed E-state index contributed by atoms with van der Waals surface area (Å²) in [6.07, 6.45) is -0.533. The van der Waals surface area contributed by atoms with Gasteiger partial charge in [-0.3, -0.25) is 9.36 Å². The molecule has 9 nitrogen and oxygen atoms in total. The second-order valence-corrected chi connectivity index (χ2v) is 7.85. The molecule has 0 aromatic heterocycles. The molecule has 0 spiro atoms. The summed E-state index contributed by atoms with van der Waals surface area (Å²) in [5.41, 5.74) is -1.63. The summed E-state index contributed by atoms with van der Waals surface area (Å²) in [6.45, 7) is 4.80. The number of carbonyl (C=O) groups is 3. The van der Waals surface area contributed by atoms with Crippen molar-refractivity contribution in [1.29, 1.82) is 0 Å². The fraction of sp³-hybridized carbons (Fsp3) is 0.471. The minimum absolute atomic E-state index is 0.0458. The van der Waals surface area contributed by atoms with Crippen molar-refractivity contribution in [2.45, 2.75) is 38.9 Å². The molecule has 0 unspecified atom stereocenters. The van der Waals surface area contributed by atoms with Crippen molar-refractivity contribution in [1.82, 2.24) is 5.32 Å². The lowest BCUT2D eigenvalue weighted by Crippen LogP contribution is -2.61. The predicted molar refractivity (Wildman–Crippen MR) is 96.5 cm³/mol. The van der Waals surface area contributed by atoms with Crippen LogP contribution in [0.3, 0.4) is 0 Å². The summed E-state index contributed by atoms with van der Waals surface area (Å²) in [6, 6.07) is 6.27. The van der Waals surface area contributed by atoms with Crippen LogP contribution in [-0.2, 0) is 40.6 Å². The molecule has 10 heteroatoms. The lowest BCUT2D eigenvalue weighted by Gasteiger charge is -2.26. The highest BCUT2D eigenvalue weighted by Crippen LogP contribution is 2.51. The van der Waals surface area contributed by atoms with Crippen molar-refractivity contribution in [3.63, 3.8) is 0 Å². The van der Waals surface area contributed by atoms with Gasteiger partial charge in [-0.25, -0.2) is 9.59 Å². The average Bonchev–Trinajstić information content (AvgIpc) is 2.53. The third kappa shape index (κ3) is 6.16. The van der Waals surface area contributed by atoms with E-state index in [0.717, 1.165) is 6.92 Å². The summed E-state index contributed by atoms with van der Waals surface area (Å²) in [7, 11) is -3.38. The molecular weight excluding hydrogens is 377 g/mol. The first-order chi connectivity index (χ1) is 12.6. The van der Waals surface area contributed by atoms with Crippen molar-refractivity contribution in [3.8, 4) is 0 Å². The second kappa shape index (κ2) is 9.64. The number of amides is 1. The molecule has 1 aromatic rings. The zero-order chi connectivity index (χ0) is 20.7. The maximum atomic E-state index is 12.7. The van der Waals surface area contributed by atoms with Gasteiger partial charge < -0.3 is 24.6 Å². The minimum atomic E-state index is -3.38. The largest absolute Gasteiger partial charge is 0.479 e. The Morgan fingerprint density at radius 3 is 2.04 bits per heavy atom. The van der Waals surface area contributed by atoms with Gasteiger partial charge >= 0.3 is 19.5 Å². The number of hydrogen-bond donors (Lipinski definition) is 3. The van der Waals surface area contributed by atoms with Gasteiger partial charge in [0.1, 0.15) is 0 Å². The molecule has 1 rings (SSSR count). The van der Waals surface area contributed by atoms with E-state index in [9.17, 15) is 29.2 Å². The predicted octanol–water partition coefficient (Wildman–Crippen LogP) is 2.04. The fourth-order valence-electron chi connectivity index (χ4n) is 2.58. The van der Waals surface area contributed by atoms with Gasteiger partial charge in [-0.05, 0) is 25.0 Å². The molecule has 0 radical (unpaired) electrons. The summed E-state index contributed by atoms with van der Waals surface area (Å²) >= 11 is 0. The first kappa shape index (κ1) is 22.8. The molecule has 27 heavy (non-hydrogen) atoms. The van der Waals surface area contributed by atoms with E-state index in [0.29, 0.717) is 11.1 Å². The van der Waals surface area contributed by atoms with Gasteiger partial charge in [-0.1, -0.05) is 24.3 Å². The monoisotopic (exact) mass is 401 g/mol. The van der Waals surface area contributed by atoms with Crippen LogP contribution in [0.4, 0.5) is 0 Å². The lowest BCUT2D eigenvalue weighted by molar-refractivity contribution is -0.161. The summed E-state index contributed by atoms with van der Waals surface area (Å²) in [5.74, 6) is -4.16. The number of carboxylic acid groups (broad SMARTS) is 2. The number of nitrogens with one attached hydrogen (secondary N) is 1. The van der Waals surface area contributed by atoms with Crippen LogP contribution >= 0.6 is 7.60 Å². The zero-order valence-electron chi connectivity index (χ0n) is 15.4. The van der Waals surface area contributed by atoms with E-state index in [4.69, 9.17) is 9.05 Å². The van der Waals surface area contributed by atoms with Crippen LogP contribution in [0.5, 0.6) is 0 Å². The van der Waals surface area contributed by atoms with Crippen molar-refractivity contribution in [2.75, 3.05) is 13.2 Å². The van der Waals surface area contributed by atoms with Gasteiger partial charge in [0.15, 0.2) is 0 Å². The second-order valence-electron chi connectivity index (χ2n) is 5.80. The standard InChI is InChI=1S/C17H24NO8P/c1-4-25-27(24,26-5-2)11-14-8-6-7-13(9-14)10-17(15(20)21,16(22)23)18-12(3)19/h6-9H,4-5,10-11H2,1-3H3,(H,18,19)(H,20,21)(H,22,23). The molecule has 0 aliphatic rings. The van der Waals surface area contributed by atoms with E-state index in [2.05, 4.69) is 0 Å². The first-order valence-corrected chi connectivity index (χ1v) is 10.0. The van der Waals surface area contributed by atoms with Gasteiger partial charge in [-0.15, -0.1) is 0 Å². The van der Waals surface area contributed by atoms with Gasteiger partial charge in [0, 0.05) is 13.3 Å². The Morgan fingerprint density at radius 2 is 1.59 bits per heavy atom. The van der Waals surface area contributed by atoms with Crippen LogP contribution in [0.15, 0.2) is 24.3 Å². The highest BCUT2D eigenvalue weighted by molar-refractivity contribution is 7.53. The highest BCUT2D eigenvalue weighted by Gasteiger charge is 2.47. The zero-order valence-corrected chi connectivity index (χ0v) is 16.3. The van der Waals surface area contributed by atoms with Crippen molar-refractivity contribution in [3.05, 3.63) is 35.4 Å². The maximum Gasteiger partial charge on any atom is 0.341 e. The average molecular weight is 401 g/mol. The normalized spacial score (nSPS) is 11.8. The van der Waals surface area contributed by atoms with Gasteiger partial charge in [0.05, 0.1) is 19.4 Å². The van der Waals surface area contributed by atoms with E-state index in [-0.39, 0.29) is 19.4 Å². The van der Waals surface area contributed by atoms with E-state index >= 15 is 0 Å². The SMILES string of the molecule is CCOP(=O)(Cc1cccc(CC(NC(C)=O)(C(=O)O)C(=O)O)c1)OCC. The molecule has 0 fully saturated rings. The van der Waals surface area contributed by atoms with Gasteiger partial charge in [0.25, 0.3) is 0 Å². The van der Waals surface area contributed by atoms with Gasteiger partial charge in [-0.2, -0.15) is 0 Å².